The second-order valence-corrected chi connectivity index (χ2v) is 5.75. The summed E-state index contributed by atoms with van der Waals surface area (Å²) >= 11 is 0. The molecule has 1 aromatic carbocycles. The smallest absolute Gasteiger partial charge is 0.271 e. The lowest BCUT2D eigenvalue weighted by atomic mass is 10.3. The maximum atomic E-state index is 11.3. The van der Waals surface area contributed by atoms with E-state index in [1.807, 2.05) is 0 Å². The normalized spacial score (nSPS) is 12.5. The number of nitro groups is 1. The highest BCUT2D eigenvalue weighted by atomic mass is 35.7. The van der Waals surface area contributed by atoms with Crippen molar-refractivity contribution >= 4 is 25.4 Å². The third-order valence-corrected chi connectivity index (χ3v) is 3.23. The lowest BCUT2D eigenvalue weighted by Crippen LogP contribution is -2.10. The standard InChI is InChI=1S/C9H7ClN2O5S/c1-6(5-11)17-8-3-2-7(12(13)14)4-9(8)18(10,15)16/h2-4,6H,1H3. The van der Waals surface area contributed by atoms with Crippen LogP contribution in [0, 0.1) is 21.4 Å². The molecule has 0 aliphatic rings. The molecule has 1 aromatic rings. The quantitative estimate of drug-likeness (QED) is 0.475. The third-order valence-electron chi connectivity index (χ3n) is 1.89. The van der Waals surface area contributed by atoms with Gasteiger partial charge in [0.05, 0.1) is 4.92 Å². The highest BCUT2D eigenvalue weighted by molar-refractivity contribution is 8.13. The van der Waals surface area contributed by atoms with Gasteiger partial charge in [-0.15, -0.1) is 0 Å². The van der Waals surface area contributed by atoms with Gasteiger partial charge in [-0.2, -0.15) is 5.26 Å². The number of hydrogen-bond donors (Lipinski definition) is 0. The molecule has 1 unspecified atom stereocenters. The van der Waals surface area contributed by atoms with Gasteiger partial charge in [0, 0.05) is 22.8 Å². The van der Waals surface area contributed by atoms with Crippen LogP contribution in [0.5, 0.6) is 5.75 Å². The summed E-state index contributed by atoms with van der Waals surface area (Å²) in [6, 6.07) is 4.66. The number of hydrogen-bond acceptors (Lipinski definition) is 6. The van der Waals surface area contributed by atoms with Crippen LogP contribution in [-0.2, 0) is 9.05 Å². The second kappa shape index (κ2) is 5.20. The molecule has 0 aliphatic heterocycles. The molecular weight excluding hydrogens is 284 g/mol. The minimum atomic E-state index is -4.21. The summed E-state index contributed by atoms with van der Waals surface area (Å²) in [5.74, 6) is -0.204. The fourth-order valence-electron chi connectivity index (χ4n) is 1.12. The predicted octanol–water partition coefficient (Wildman–Crippen LogP) is 1.81. The fourth-order valence-corrected chi connectivity index (χ4v) is 2.09. The van der Waals surface area contributed by atoms with E-state index in [0.717, 1.165) is 18.2 Å². The molecule has 0 aromatic heterocycles. The summed E-state index contributed by atoms with van der Waals surface area (Å²) in [4.78, 5) is 9.24. The van der Waals surface area contributed by atoms with Gasteiger partial charge >= 0.3 is 0 Å². The molecule has 0 saturated carbocycles. The minimum absolute atomic E-state index is 0.204. The van der Waals surface area contributed by atoms with Crippen molar-refractivity contribution in [3.63, 3.8) is 0 Å². The number of halogens is 1. The predicted molar refractivity (Wildman–Crippen MR) is 61.8 cm³/mol. The van der Waals surface area contributed by atoms with Gasteiger partial charge in [0.15, 0.2) is 6.10 Å². The van der Waals surface area contributed by atoms with Crippen molar-refractivity contribution < 1.29 is 18.1 Å². The average Bonchev–Trinajstić information content (AvgIpc) is 2.27. The van der Waals surface area contributed by atoms with Gasteiger partial charge in [-0.05, 0) is 13.0 Å². The first-order valence-electron chi connectivity index (χ1n) is 4.55. The highest BCUT2D eigenvalue weighted by Crippen LogP contribution is 2.31. The lowest BCUT2D eigenvalue weighted by molar-refractivity contribution is -0.385. The summed E-state index contributed by atoms with van der Waals surface area (Å²) in [6.07, 6.45) is -0.913. The Morgan fingerprint density at radius 1 is 1.56 bits per heavy atom. The second-order valence-electron chi connectivity index (χ2n) is 3.22. The Balaban J connectivity index is 3.36. The van der Waals surface area contributed by atoms with Crippen LogP contribution in [0.25, 0.3) is 0 Å². The molecule has 7 nitrogen and oxygen atoms in total. The van der Waals surface area contributed by atoms with Gasteiger partial charge < -0.3 is 4.74 Å². The van der Waals surface area contributed by atoms with Crippen LogP contribution in [0.1, 0.15) is 6.92 Å². The molecule has 9 heteroatoms. The van der Waals surface area contributed by atoms with Crippen molar-refractivity contribution in [1.82, 2.24) is 0 Å². The lowest BCUT2D eigenvalue weighted by Gasteiger charge is -2.10. The molecule has 0 bridgehead atoms. The zero-order valence-electron chi connectivity index (χ0n) is 9.03. The molecule has 0 saturated heterocycles. The van der Waals surface area contributed by atoms with E-state index in [-0.39, 0.29) is 5.75 Å². The molecule has 0 heterocycles. The SMILES string of the molecule is CC(C#N)Oc1ccc([N+](=O)[O-])cc1S(=O)(=O)Cl. The maximum absolute atomic E-state index is 11.3. The molecule has 1 rings (SSSR count). The van der Waals surface area contributed by atoms with Gasteiger partial charge in [-0.1, -0.05) is 0 Å². The molecule has 18 heavy (non-hydrogen) atoms. The Kier molecular flexibility index (Phi) is 4.11. The van der Waals surface area contributed by atoms with Gasteiger partial charge in [0.1, 0.15) is 16.7 Å². The number of benzene rings is 1. The molecule has 0 radical (unpaired) electrons. The number of ether oxygens (including phenoxy) is 1. The summed E-state index contributed by atoms with van der Waals surface area (Å²) in [5.41, 5.74) is -0.439. The van der Waals surface area contributed by atoms with Crippen LogP contribution in [-0.4, -0.2) is 19.4 Å². The molecule has 1 atom stereocenters. The zero-order valence-corrected chi connectivity index (χ0v) is 10.6. The Bertz CT molecular complexity index is 622. The molecular formula is C9H7ClN2O5S. The van der Waals surface area contributed by atoms with Crippen molar-refractivity contribution in [2.45, 2.75) is 17.9 Å². The van der Waals surface area contributed by atoms with Gasteiger partial charge in [-0.25, -0.2) is 8.42 Å². The Hall–Kier alpha value is -1.85. The van der Waals surface area contributed by atoms with E-state index in [4.69, 9.17) is 20.7 Å². The van der Waals surface area contributed by atoms with Crippen molar-refractivity contribution in [3.05, 3.63) is 28.3 Å². The maximum Gasteiger partial charge on any atom is 0.271 e. The molecule has 0 aliphatic carbocycles. The van der Waals surface area contributed by atoms with Crippen LogP contribution in [0.2, 0.25) is 0 Å². The number of nitro benzene ring substituents is 1. The summed E-state index contributed by atoms with van der Waals surface area (Å²) < 4.78 is 27.6. The van der Waals surface area contributed by atoms with Crippen LogP contribution in [0.15, 0.2) is 23.1 Å². The molecule has 96 valence electrons. The Labute approximate surface area is 107 Å². The van der Waals surface area contributed by atoms with Crippen molar-refractivity contribution in [1.29, 1.82) is 5.26 Å². The summed E-state index contributed by atoms with van der Waals surface area (Å²) in [5, 5.41) is 19.1. The van der Waals surface area contributed by atoms with E-state index < -0.39 is 30.7 Å². The zero-order chi connectivity index (χ0) is 13.9. The van der Waals surface area contributed by atoms with E-state index >= 15 is 0 Å². The number of non-ortho nitro benzene ring substituents is 1. The molecule has 0 N–H and O–H groups in total. The molecule has 0 fully saturated rings. The minimum Gasteiger partial charge on any atom is -0.474 e. The largest absolute Gasteiger partial charge is 0.474 e. The van der Waals surface area contributed by atoms with Crippen molar-refractivity contribution in [2.24, 2.45) is 0 Å². The Morgan fingerprint density at radius 3 is 2.61 bits per heavy atom. The topological polar surface area (TPSA) is 110 Å². The van der Waals surface area contributed by atoms with Crippen molar-refractivity contribution in [2.75, 3.05) is 0 Å². The van der Waals surface area contributed by atoms with Gasteiger partial charge in [-0.3, -0.25) is 10.1 Å². The first-order valence-corrected chi connectivity index (χ1v) is 6.86. The number of rotatable bonds is 4. The van der Waals surface area contributed by atoms with Crippen LogP contribution in [0.4, 0.5) is 5.69 Å². The fraction of sp³-hybridized carbons (Fsp3) is 0.222. The van der Waals surface area contributed by atoms with Crippen LogP contribution < -0.4 is 4.74 Å². The number of nitriles is 1. The van der Waals surface area contributed by atoms with E-state index in [9.17, 15) is 18.5 Å². The van der Waals surface area contributed by atoms with Crippen molar-refractivity contribution in [3.8, 4) is 11.8 Å². The van der Waals surface area contributed by atoms with E-state index in [1.54, 1.807) is 6.07 Å². The van der Waals surface area contributed by atoms with E-state index in [0.29, 0.717) is 0 Å². The summed E-state index contributed by atoms with van der Waals surface area (Å²) in [6.45, 7) is 1.39. The van der Waals surface area contributed by atoms with Crippen LogP contribution >= 0.6 is 10.7 Å². The first kappa shape index (κ1) is 14.2. The molecule has 0 spiro atoms. The van der Waals surface area contributed by atoms with E-state index in [2.05, 4.69) is 0 Å². The summed E-state index contributed by atoms with van der Waals surface area (Å²) in [7, 11) is 0.944. The third kappa shape index (κ3) is 3.32. The average molecular weight is 291 g/mol. The Morgan fingerprint density at radius 2 is 2.17 bits per heavy atom. The number of nitrogens with zero attached hydrogens (tertiary/aromatic N) is 2. The monoisotopic (exact) mass is 290 g/mol. The van der Waals surface area contributed by atoms with Gasteiger partial charge in [0.2, 0.25) is 0 Å². The first-order chi connectivity index (χ1) is 8.25. The van der Waals surface area contributed by atoms with Crippen LogP contribution in [0.3, 0.4) is 0 Å². The molecule has 0 amide bonds. The van der Waals surface area contributed by atoms with E-state index in [1.165, 1.54) is 6.92 Å². The highest BCUT2D eigenvalue weighted by Gasteiger charge is 2.22. The van der Waals surface area contributed by atoms with Gasteiger partial charge in [0.25, 0.3) is 14.7 Å².